The highest BCUT2D eigenvalue weighted by Gasteiger charge is 2.11. The van der Waals surface area contributed by atoms with Gasteiger partial charge in [-0.1, -0.05) is 17.7 Å². The Morgan fingerprint density at radius 1 is 1.25 bits per heavy atom. The first kappa shape index (κ1) is 17.6. The molecule has 0 saturated carbocycles. The topological polar surface area (TPSA) is 93.5 Å². The molecule has 0 heterocycles. The summed E-state index contributed by atoms with van der Waals surface area (Å²) in [7, 11) is 1.49. The highest BCUT2D eigenvalue weighted by molar-refractivity contribution is 6.31. The molecule has 0 bridgehead atoms. The van der Waals surface area contributed by atoms with E-state index >= 15 is 0 Å². The minimum absolute atomic E-state index is 0.0416. The van der Waals surface area contributed by atoms with Crippen LogP contribution in [0.1, 0.15) is 5.56 Å². The monoisotopic (exact) mass is 349 g/mol. The number of nitrogens with one attached hydrogen (secondary N) is 2. The van der Waals surface area contributed by atoms with E-state index in [1.165, 1.54) is 19.2 Å². The molecular weight excluding hydrogens is 334 g/mol. The molecule has 2 aromatic rings. The fourth-order valence-corrected chi connectivity index (χ4v) is 2.23. The van der Waals surface area contributed by atoms with Crippen molar-refractivity contribution >= 4 is 34.6 Å². The minimum Gasteiger partial charge on any atom is -0.495 e. The Morgan fingerprint density at radius 3 is 2.67 bits per heavy atom. The van der Waals surface area contributed by atoms with Crippen molar-refractivity contribution in [3.05, 3.63) is 57.1 Å². The number of aryl methyl sites for hydroxylation is 1. The Balaban J connectivity index is 2.05. The zero-order valence-electron chi connectivity index (χ0n) is 13.1. The lowest BCUT2D eigenvalue weighted by atomic mass is 10.2. The van der Waals surface area contributed by atoms with Gasteiger partial charge in [0.2, 0.25) is 5.91 Å². The highest BCUT2D eigenvalue weighted by atomic mass is 35.5. The van der Waals surface area contributed by atoms with Crippen LogP contribution in [0.2, 0.25) is 5.02 Å². The fourth-order valence-electron chi connectivity index (χ4n) is 2.06. The van der Waals surface area contributed by atoms with Gasteiger partial charge >= 0.3 is 0 Å². The van der Waals surface area contributed by atoms with E-state index in [0.717, 1.165) is 5.56 Å². The van der Waals surface area contributed by atoms with Crippen molar-refractivity contribution in [2.75, 3.05) is 24.3 Å². The second-order valence-corrected chi connectivity index (χ2v) is 5.44. The van der Waals surface area contributed by atoms with Crippen LogP contribution < -0.4 is 15.4 Å². The third kappa shape index (κ3) is 4.36. The van der Waals surface area contributed by atoms with Crippen molar-refractivity contribution in [1.82, 2.24) is 0 Å². The Morgan fingerprint density at radius 2 is 2.00 bits per heavy atom. The van der Waals surface area contributed by atoms with Crippen molar-refractivity contribution in [3.63, 3.8) is 0 Å². The number of hydrogen-bond donors (Lipinski definition) is 2. The van der Waals surface area contributed by atoms with Gasteiger partial charge in [0.1, 0.15) is 5.75 Å². The Hall–Kier alpha value is -2.80. The van der Waals surface area contributed by atoms with Gasteiger partial charge in [0, 0.05) is 22.8 Å². The van der Waals surface area contributed by atoms with Gasteiger partial charge in [0.25, 0.3) is 5.69 Å². The van der Waals surface area contributed by atoms with Gasteiger partial charge in [-0.05, 0) is 30.7 Å². The number of nitro benzene ring substituents is 1. The molecule has 126 valence electrons. The lowest BCUT2D eigenvalue weighted by Gasteiger charge is -2.12. The van der Waals surface area contributed by atoms with Gasteiger partial charge in [0.15, 0.2) is 0 Å². The molecule has 0 atom stereocenters. The van der Waals surface area contributed by atoms with Crippen molar-refractivity contribution in [1.29, 1.82) is 0 Å². The second-order valence-electron chi connectivity index (χ2n) is 5.00. The number of nitro groups is 1. The molecule has 1 amide bonds. The molecule has 0 fully saturated rings. The van der Waals surface area contributed by atoms with E-state index in [2.05, 4.69) is 10.6 Å². The van der Waals surface area contributed by atoms with Crippen LogP contribution in [0.15, 0.2) is 36.4 Å². The standard InChI is InChI=1S/C16H16ClN3O4/c1-10-3-5-12(20(22)23)8-13(10)18-9-16(21)19-14-7-11(17)4-6-15(14)24-2/h3-8,18H,9H2,1-2H3,(H,19,21). The first-order chi connectivity index (χ1) is 11.4. The average molecular weight is 350 g/mol. The molecule has 0 aromatic heterocycles. The molecule has 8 heteroatoms. The first-order valence-electron chi connectivity index (χ1n) is 7.03. The zero-order chi connectivity index (χ0) is 17.7. The number of methoxy groups -OCH3 is 1. The summed E-state index contributed by atoms with van der Waals surface area (Å²) in [6.45, 7) is 1.74. The number of halogens is 1. The van der Waals surface area contributed by atoms with E-state index in [0.29, 0.717) is 22.1 Å². The van der Waals surface area contributed by atoms with Crippen LogP contribution in [0.3, 0.4) is 0 Å². The van der Waals surface area contributed by atoms with Crippen LogP contribution in [0, 0.1) is 17.0 Å². The van der Waals surface area contributed by atoms with Crippen LogP contribution in [-0.4, -0.2) is 24.5 Å². The molecule has 0 radical (unpaired) electrons. The summed E-state index contributed by atoms with van der Waals surface area (Å²) in [5.74, 6) is 0.153. The number of benzene rings is 2. The maximum absolute atomic E-state index is 12.1. The molecule has 24 heavy (non-hydrogen) atoms. The summed E-state index contributed by atoms with van der Waals surface area (Å²) >= 11 is 5.91. The smallest absolute Gasteiger partial charge is 0.271 e. The highest BCUT2D eigenvalue weighted by Crippen LogP contribution is 2.27. The molecule has 0 aliphatic heterocycles. The molecule has 2 N–H and O–H groups in total. The zero-order valence-corrected chi connectivity index (χ0v) is 13.9. The maximum Gasteiger partial charge on any atom is 0.271 e. The molecule has 0 unspecified atom stereocenters. The average Bonchev–Trinajstić information content (AvgIpc) is 2.54. The van der Waals surface area contributed by atoms with Crippen LogP contribution in [-0.2, 0) is 4.79 Å². The second kappa shape index (κ2) is 7.65. The summed E-state index contributed by atoms with van der Waals surface area (Å²) in [6, 6.07) is 9.31. The van der Waals surface area contributed by atoms with Crippen molar-refractivity contribution in [2.45, 2.75) is 6.92 Å². The summed E-state index contributed by atoms with van der Waals surface area (Å²) in [4.78, 5) is 22.4. The first-order valence-corrected chi connectivity index (χ1v) is 7.41. The molecule has 0 spiro atoms. The van der Waals surface area contributed by atoms with Crippen molar-refractivity contribution in [2.24, 2.45) is 0 Å². The molecule has 2 aromatic carbocycles. The number of carbonyl (C=O) groups is 1. The number of carbonyl (C=O) groups excluding carboxylic acids is 1. The van der Waals surface area contributed by atoms with Gasteiger partial charge in [0.05, 0.1) is 24.3 Å². The summed E-state index contributed by atoms with van der Waals surface area (Å²) < 4.78 is 5.16. The third-order valence-electron chi connectivity index (χ3n) is 3.31. The van der Waals surface area contributed by atoms with Crippen LogP contribution >= 0.6 is 11.6 Å². The van der Waals surface area contributed by atoms with E-state index in [9.17, 15) is 14.9 Å². The van der Waals surface area contributed by atoms with Crippen LogP contribution in [0.5, 0.6) is 5.75 Å². The van der Waals surface area contributed by atoms with E-state index in [1.807, 2.05) is 0 Å². The Kier molecular flexibility index (Phi) is 5.59. The van der Waals surface area contributed by atoms with E-state index in [1.54, 1.807) is 31.2 Å². The van der Waals surface area contributed by atoms with Gasteiger partial charge in [-0.2, -0.15) is 0 Å². The molecular formula is C16H16ClN3O4. The predicted molar refractivity (Wildman–Crippen MR) is 93.0 cm³/mol. The quantitative estimate of drug-likeness (QED) is 0.613. The van der Waals surface area contributed by atoms with E-state index in [4.69, 9.17) is 16.3 Å². The lowest BCUT2D eigenvalue weighted by Crippen LogP contribution is -2.22. The lowest BCUT2D eigenvalue weighted by molar-refractivity contribution is -0.384. The summed E-state index contributed by atoms with van der Waals surface area (Å²) in [5, 5.41) is 16.9. The number of nitrogens with zero attached hydrogens (tertiary/aromatic N) is 1. The minimum atomic E-state index is -0.485. The summed E-state index contributed by atoms with van der Waals surface area (Å²) in [5.41, 5.74) is 1.73. The number of amides is 1. The Bertz CT molecular complexity index is 780. The normalized spacial score (nSPS) is 10.1. The van der Waals surface area contributed by atoms with Gasteiger partial charge < -0.3 is 15.4 Å². The number of anilines is 2. The fraction of sp³-hybridized carbons (Fsp3) is 0.188. The maximum atomic E-state index is 12.1. The van der Waals surface area contributed by atoms with E-state index < -0.39 is 4.92 Å². The number of non-ortho nitro benzene ring substituents is 1. The van der Waals surface area contributed by atoms with Crippen molar-refractivity contribution < 1.29 is 14.5 Å². The van der Waals surface area contributed by atoms with E-state index in [-0.39, 0.29) is 18.1 Å². The Labute approximate surface area is 143 Å². The summed E-state index contributed by atoms with van der Waals surface area (Å²) in [6.07, 6.45) is 0. The number of hydrogen-bond acceptors (Lipinski definition) is 5. The van der Waals surface area contributed by atoms with Crippen LogP contribution in [0.25, 0.3) is 0 Å². The molecule has 0 aliphatic carbocycles. The molecule has 0 aliphatic rings. The molecule has 0 saturated heterocycles. The third-order valence-corrected chi connectivity index (χ3v) is 3.54. The van der Waals surface area contributed by atoms with Gasteiger partial charge in [-0.15, -0.1) is 0 Å². The molecule has 2 rings (SSSR count). The van der Waals surface area contributed by atoms with Crippen molar-refractivity contribution in [3.8, 4) is 5.75 Å². The predicted octanol–water partition coefficient (Wildman–Crippen LogP) is 3.62. The molecule has 7 nitrogen and oxygen atoms in total. The van der Waals surface area contributed by atoms with Gasteiger partial charge in [-0.25, -0.2) is 0 Å². The SMILES string of the molecule is COc1ccc(Cl)cc1NC(=O)CNc1cc([N+](=O)[O-])ccc1C. The largest absolute Gasteiger partial charge is 0.495 e. The van der Waals surface area contributed by atoms with Crippen LogP contribution in [0.4, 0.5) is 17.1 Å². The van der Waals surface area contributed by atoms with Gasteiger partial charge in [-0.3, -0.25) is 14.9 Å². The number of ether oxygens (including phenoxy) is 1. The number of rotatable bonds is 6.